The summed E-state index contributed by atoms with van der Waals surface area (Å²) in [6, 6.07) is 12.4. The molecular weight excluding hydrogens is 318 g/mol. The summed E-state index contributed by atoms with van der Waals surface area (Å²) < 4.78 is 5.86. The van der Waals surface area contributed by atoms with E-state index in [-0.39, 0.29) is 5.75 Å². The van der Waals surface area contributed by atoms with Crippen molar-refractivity contribution in [1.29, 1.82) is 0 Å². The number of phenolic OH excluding ortho intramolecular Hbond substituents is 1. The minimum atomic E-state index is 0.154. The average molecular weight is 334 g/mol. The van der Waals surface area contributed by atoms with Crippen LogP contribution in [0.5, 0.6) is 11.5 Å². The zero-order valence-electron chi connectivity index (χ0n) is 11.3. The Balaban J connectivity index is 1.79. The standard InChI is InChI=1S/C16H16BrNO2/c1-20-15-7-11(6-14(17)16(15)19)8-18-9-12-4-2-3-5-13(12)10-18/h2-7,19H,8-10H2,1H3. The molecule has 4 heteroatoms. The normalized spacial score (nSPS) is 14.3. The molecule has 1 heterocycles. The van der Waals surface area contributed by atoms with Crippen molar-refractivity contribution in [2.24, 2.45) is 0 Å². The third-order valence-electron chi connectivity index (χ3n) is 3.62. The Bertz CT molecular complexity index is 617. The summed E-state index contributed by atoms with van der Waals surface area (Å²) in [4.78, 5) is 2.38. The maximum atomic E-state index is 9.84. The third-order valence-corrected chi connectivity index (χ3v) is 4.23. The van der Waals surface area contributed by atoms with Crippen LogP contribution in [0.4, 0.5) is 0 Å². The predicted molar refractivity (Wildman–Crippen MR) is 81.8 cm³/mol. The average Bonchev–Trinajstić information content (AvgIpc) is 2.84. The van der Waals surface area contributed by atoms with Crippen molar-refractivity contribution in [3.63, 3.8) is 0 Å². The van der Waals surface area contributed by atoms with Crippen molar-refractivity contribution >= 4 is 15.9 Å². The Hall–Kier alpha value is -1.52. The molecule has 0 bridgehead atoms. The first-order valence-corrected chi connectivity index (χ1v) is 7.31. The van der Waals surface area contributed by atoms with E-state index in [0.29, 0.717) is 10.2 Å². The van der Waals surface area contributed by atoms with Gasteiger partial charge in [-0.15, -0.1) is 0 Å². The van der Waals surface area contributed by atoms with Crippen molar-refractivity contribution in [1.82, 2.24) is 4.90 Å². The Labute approximate surface area is 126 Å². The molecule has 0 atom stereocenters. The molecule has 1 aliphatic heterocycles. The summed E-state index contributed by atoms with van der Waals surface area (Å²) in [6.07, 6.45) is 0. The summed E-state index contributed by atoms with van der Waals surface area (Å²) in [7, 11) is 1.57. The largest absolute Gasteiger partial charge is 0.503 e. The molecular formula is C16H16BrNO2. The second-order valence-corrected chi connectivity index (χ2v) is 5.90. The monoisotopic (exact) mass is 333 g/mol. The van der Waals surface area contributed by atoms with E-state index < -0.39 is 0 Å². The van der Waals surface area contributed by atoms with Gasteiger partial charge in [-0.25, -0.2) is 0 Å². The number of hydrogen-bond donors (Lipinski definition) is 1. The van der Waals surface area contributed by atoms with Crippen LogP contribution in [0.2, 0.25) is 0 Å². The molecule has 2 aromatic rings. The smallest absolute Gasteiger partial charge is 0.172 e. The number of nitrogens with zero attached hydrogens (tertiary/aromatic N) is 1. The highest BCUT2D eigenvalue weighted by molar-refractivity contribution is 9.10. The topological polar surface area (TPSA) is 32.7 Å². The lowest BCUT2D eigenvalue weighted by molar-refractivity contribution is 0.274. The van der Waals surface area contributed by atoms with Crippen LogP contribution in [-0.4, -0.2) is 17.1 Å². The maximum Gasteiger partial charge on any atom is 0.172 e. The number of rotatable bonds is 3. The number of benzene rings is 2. The van der Waals surface area contributed by atoms with E-state index in [0.717, 1.165) is 25.2 Å². The summed E-state index contributed by atoms with van der Waals surface area (Å²) in [5, 5.41) is 9.84. The molecule has 104 valence electrons. The molecule has 1 N–H and O–H groups in total. The van der Waals surface area contributed by atoms with E-state index >= 15 is 0 Å². The number of ether oxygens (including phenoxy) is 1. The summed E-state index contributed by atoms with van der Waals surface area (Å²) in [5.74, 6) is 0.659. The van der Waals surface area contributed by atoms with E-state index in [1.54, 1.807) is 7.11 Å². The molecule has 0 aromatic heterocycles. The fraction of sp³-hybridized carbons (Fsp3) is 0.250. The molecule has 20 heavy (non-hydrogen) atoms. The highest BCUT2D eigenvalue weighted by atomic mass is 79.9. The lowest BCUT2D eigenvalue weighted by Crippen LogP contribution is -2.15. The van der Waals surface area contributed by atoms with Gasteiger partial charge in [0.2, 0.25) is 0 Å². The Kier molecular flexibility index (Phi) is 3.68. The van der Waals surface area contributed by atoms with E-state index in [1.165, 1.54) is 11.1 Å². The van der Waals surface area contributed by atoms with Gasteiger partial charge in [0.25, 0.3) is 0 Å². The Morgan fingerprint density at radius 1 is 1.20 bits per heavy atom. The molecule has 0 aliphatic carbocycles. The Morgan fingerprint density at radius 2 is 1.85 bits per heavy atom. The molecule has 0 spiro atoms. The van der Waals surface area contributed by atoms with Gasteiger partial charge in [0.05, 0.1) is 11.6 Å². The maximum absolute atomic E-state index is 9.84. The van der Waals surface area contributed by atoms with Crippen molar-refractivity contribution in [2.75, 3.05) is 7.11 Å². The van der Waals surface area contributed by atoms with Crippen LogP contribution in [0.1, 0.15) is 16.7 Å². The second-order valence-electron chi connectivity index (χ2n) is 5.04. The molecule has 0 saturated carbocycles. The van der Waals surface area contributed by atoms with Gasteiger partial charge in [-0.1, -0.05) is 24.3 Å². The molecule has 0 unspecified atom stereocenters. The molecule has 0 saturated heterocycles. The fourth-order valence-electron chi connectivity index (χ4n) is 2.65. The van der Waals surface area contributed by atoms with Crippen LogP contribution in [0, 0.1) is 0 Å². The lowest BCUT2D eigenvalue weighted by atomic mass is 10.1. The first-order valence-electron chi connectivity index (χ1n) is 6.52. The van der Waals surface area contributed by atoms with Crippen LogP contribution >= 0.6 is 15.9 Å². The number of halogens is 1. The van der Waals surface area contributed by atoms with Gasteiger partial charge in [-0.3, -0.25) is 4.90 Å². The van der Waals surface area contributed by atoms with Gasteiger partial charge in [0, 0.05) is 19.6 Å². The van der Waals surface area contributed by atoms with Crippen LogP contribution in [0.15, 0.2) is 40.9 Å². The van der Waals surface area contributed by atoms with E-state index in [4.69, 9.17) is 4.74 Å². The third kappa shape index (κ3) is 2.53. The second kappa shape index (κ2) is 5.46. The van der Waals surface area contributed by atoms with Crippen LogP contribution < -0.4 is 4.74 Å². The van der Waals surface area contributed by atoms with E-state index in [9.17, 15) is 5.11 Å². The van der Waals surface area contributed by atoms with Gasteiger partial charge in [-0.05, 0) is 44.8 Å². The Morgan fingerprint density at radius 3 is 2.45 bits per heavy atom. The van der Waals surface area contributed by atoms with Crippen LogP contribution in [-0.2, 0) is 19.6 Å². The van der Waals surface area contributed by atoms with Crippen molar-refractivity contribution < 1.29 is 9.84 Å². The minimum absolute atomic E-state index is 0.154. The number of phenols is 1. The number of methoxy groups -OCH3 is 1. The number of fused-ring (bicyclic) bond motifs is 1. The van der Waals surface area contributed by atoms with Gasteiger partial charge < -0.3 is 9.84 Å². The molecule has 1 aliphatic rings. The predicted octanol–water partition coefficient (Wildman–Crippen LogP) is 3.68. The quantitative estimate of drug-likeness (QED) is 0.929. The first kappa shape index (κ1) is 13.5. The summed E-state index contributed by atoms with van der Waals surface area (Å²) in [5.41, 5.74) is 3.92. The lowest BCUT2D eigenvalue weighted by Gasteiger charge is -2.16. The van der Waals surface area contributed by atoms with Gasteiger partial charge >= 0.3 is 0 Å². The molecule has 0 amide bonds. The highest BCUT2D eigenvalue weighted by Crippen LogP contribution is 2.36. The zero-order valence-corrected chi connectivity index (χ0v) is 12.9. The first-order chi connectivity index (χ1) is 9.67. The zero-order chi connectivity index (χ0) is 14.1. The van der Waals surface area contributed by atoms with Crippen LogP contribution in [0.25, 0.3) is 0 Å². The molecule has 3 nitrogen and oxygen atoms in total. The van der Waals surface area contributed by atoms with Crippen molar-refractivity contribution in [3.05, 3.63) is 57.6 Å². The SMILES string of the molecule is COc1cc(CN2Cc3ccccc3C2)cc(Br)c1O. The minimum Gasteiger partial charge on any atom is -0.503 e. The summed E-state index contributed by atoms with van der Waals surface area (Å²) in [6.45, 7) is 2.78. The molecule has 0 radical (unpaired) electrons. The number of aromatic hydroxyl groups is 1. The van der Waals surface area contributed by atoms with Crippen molar-refractivity contribution in [3.8, 4) is 11.5 Å². The van der Waals surface area contributed by atoms with Gasteiger partial charge in [0.15, 0.2) is 11.5 Å². The number of hydrogen-bond acceptors (Lipinski definition) is 3. The fourth-order valence-corrected chi connectivity index (χ4v) is 3.14. The summed E-state index contributed by atoms with van der Waals surface area (Å²) >= 11 is 3.37. The molecule has 2 aromatic carbocycles. The van der Waals surface area contributed by atoms with Gasteiger partial charge in [0.1, 0.15) is 0 Å². The van der Waals surface area contributed by atoms with Crippen molar-refractivity contribution in [2.45, 2.75) is 19.6 Å². The molecule has 3 rings (SSSR count). The van der Waals surface area contributed by atoms with E-state index in [2.05, 4.69) is 45.1 Å². The van der Waals surface area contributed by atoms with Gasteiger partial charge in [-0.2, -0.15) is 0 Å². The molecule has 0 fully saturated rings. The van der Waals surface area contributed by atoms with Crippen LogP contribution in [0.3, 0.4) is 0 Å². The van der Waals surface area contributed by atoms with E-state index in [1.807, 2.05) is 12.1 Å². The highest BCUT2D eigenvalue weighted by Gasteiger charge is 2.19.